The largest absolute Gasteiger partial charge is 0.497 e. The first kappa shape index (κ1) is 45.0. The number of sulfonamides is 1. The van der Waals surface area contributed by atoms with Crippen LogP contribution < -0.4 is 33.9 Å². The van der Waals surface area contributed by atoms with Crippen LogP contribution in [0.1, 0.15) is 64.7 Å². The van der Waals surface area contributed by atoms with E-state index in [4.69, 9.17) is 35.3 Å². The van der Waals surface area contributed by atoms with E-state index in [-0.39, 0.29) is 60.4 Å². The number of Topliss-reactive ketones (excluding diaryl/α,β-unsaturated/α-hetero) is 1. The molecule has 15 heteroatoms. The van der Waals surface area contributed by atoms with Crippen molar-refractivity contribution in [2.24, 2.45) is 11.8 Å². The molecule has 1 heterocycles. The standard InChI is InChI=1S/C47H56ClN3O10S/c1-57-37-12-7-34(44(24-37)59-3)27-51(28-35-8-13-38(58-2)25-45(35)60-4)62(55,56)21-20-49-19-17-42(52)39-14-9-33(39)26-50-29-47(18-5-6-31-22-36(48)11-15-40(31)47)30-61-43-16-10-32(46(53)54)23-41(43)50/h7-8,10-13,15-16,22-25,33,39,49H,5-6,9,14,17-21,26-30H2,1-4H3,(H,53,54)/t33-,39+,47-/m0/s1. The van der Waals surface area contributed by atoms with Gasteiger partial charge in [0.1, 0.15) is 34.5 Å². The van der Waals surface area contributed by atoms with E-state index in [0.29, 0.717) is 71.1 Å². The van der Waals surface area contributed by atoms with Crippen LogP contribution in [-0.2, 0) is 39.7 Å². The summed E-state index contributed by atoms with van der Waals surface area (Å²) in [4.78, 5) is 28.1. The molecule has 4 aromatic rings. The number of nitrogens with one attached hydrogen (secondary N) is 1. The van der Waals surface area contributed by atoms with Gasteiger partial charge in [0.15, 0.2) is 0 Å². The Kier molecular flexibility index (Phi) is 14.2. The summed E-state index contributed by atoms with van der Waals surface area (Å²) in [5.74, 6) is 1.66. The van der Waals surface area contributed by atoms with E-state index in [1.165, 1.54) is 29.7 Å². The van der Waals surface area contributed by atoms with E-state index in [0.717, 1.165) is 37.8 Å². The van der Waals surface area contributed by atoms with Gasteiger partial charge in [-0.3, -0.25) is 4.79 Å². The highest BCUT2D eigenvalue weighted by atomic mass is 35.5. The first-order valence-corrected chi connectivity index (χ1v) is 23.0. The Morgan fingerprint density at radius 3 is 2.19 bits per heavy atom. The SMILES string of the molecule is COc1ccc(CN(Cc2ccc(OC)cc2OC)S(=O)(=O)CCNCCC(=O)[C@@H]2CC[C@H]2CN2C[C@@]3(CCCc4cc(Cl)ccc43)COc3ccc(C(=O)O)cc32)c(OC)c1. The van der Waals surface area contributed by atoms with Crippen molar-refractivity contribution in [2.45, 2.75) is 57.0 Å². The number of carbonyl (C=O) groups is 2. The molecule has 3 atom stereocenters. The minimum Gasteiger partial charge on any atom is -0.497 e. The second-order valence-electron chi connectivity index (χ2n) is 16.4. The lowest BCUT2D eigenvalue weighted by atomic mass is 9.68. The van der Waals surface area contributed by atoms with Crippen molar-refractivity contribution in [3.63, 3.8) is 0 Å². The average Bonchev–Trinajstić information content (AvgIpc) is 3.41. The summed E-state index contributed by atoms with van der Waals surface area (Å²) in [5.41, 5.74) is 4.34. The summed E-state index contributed by atoms with van der Waals surface area (Å²) in [5, 5.41) is 13.8. The van der Waals surface area contributed by atoms with Crippen LogP contribution in [0.2, 0.25) is 5.02 Å². The maximum Gasteiger partial charge on any atom is 0.335 e. The number of carbonyl (C=O) groups excluding carboxylic acids is 1. The molecule has 2 N–H and O–H groups in total. The molecule has 7 rings (SSSR count). The molecule has 1 spiro atoms. The number of hydrogen-bond donors (Lipinski definition) is 2. The maximum absolute atomic E-state index is 14.1. The Morgan fingerprint density at radius 1 is 0.887 bits per heavy atom. The smallest absolute Gasteiger partial charge is 0.335 e. The molecule has 1 aliphatic heterocycles. The van der Waals surface area contributed by atoms with Gasteiger partial charge in [-0.15, -0.1) is 0 Å². The highest BCUT2D eigenvalue weighted by molar-refractivity contribution is 7.89. The van der Waals surface area contributed by atoms with Crippen molar-refractivity contribution in [2.75, 3.05) is 71.9 Å². The van der Waals surface area contributed by atoms with Crippen molar-refractivity contribution in [3.05, 3.63) is 106 Å². The first-order valence-electron chi connectivity index (χ1n) is 21.0. The molecule has 0 amide bonds. The molecule has 1 fully saturated rings. The van der Waals surface area contributed by atoms with E-state index in [2.05, 4.69) is 16.3 Å². The summed E-state index contributed by atoms with van der Waals surface area (Å²) in [6.07, 6.45) is 4.74. The topological polar surface area (TPSA) is 153 Å². The van der Waals surface area contributed by atoms with E-state index < -0.39 is 16.0 Å². The number of aryl methyl sites for hydroxylation is 1. The number of aromatic carboxylic acids is 1. The van der Waals surface area contributed by atoms with Crippen LogP contribution in [0.5, 0.6) is 28.7 Å². The van der Waals surface area contributed by atoms with Crippen molar-refractivity contribution in [3.8, 4) is 28.7 Å². The van der Waals surface area contributed by atoms with Crippen molar-refractivity contribution in [1.82, 2.24) is 9.62 Å². The highest BCUT2D eigenvalue weighted by Crippen LogP contribution is 2.46. The number of rotatable bonds is 19. The minimum absolute atomic E-state index is 0.0411. The summed E-state index contributed by atoms with van der Waals surface area (Å²) < 4.78 is 58.0. The molecule has 13 nitrogen and oxygen atoms in total. The van der Waals surface area contributed by atoms with Gasteiger partial charge < -0.3 is 39.0 Å². The fraction of sp³-hybridized carbons (Fsp3) is 0.447. The Labute approximate surface area is 369 Å². The van der Waals surface area contributed by atoms with Crippen molar-refractivity contribution in [1.29, 1.82) is 0 Å². The average molecular weight is 890 g/mol. The van der Waals surface area contributed by atoms with Crippen molar-refractivity contribution >= 4 is 39.1 Å². The molecular formula is C47H56ClN3O10S. The van der Waals surface area contributed by atoms with E-state index in [9.17, 15) is 23.1 Å². The van der Waals surface area contributed by atoms with Gasteiger partial charge in [-0.1, -0.05) is 29.8 Å². The summed E-state index contributed by atoms with van der Waals surface area (Å²) in [6, 6.07) is 21.7. The number of hydrogen-bond acceptors (Lipinski definition) is 11. The molecule has 3 aliphatic rings. The van der Waals surface area contributed by atoms with Gasteiger partial charge in [0, 0.05) is 85.3 Å². The van der Waals surface area contributed by atoms with Gasteiger partial charge in [0.25, 0.3) is 0 Å². The lowest BCUT2D eigenvalue weighted by molar-refractivity contribution is -0.127. The van der Waals surface area contributed by atoms with Gasteiger partial charge in [0.2, 0.25) is 10.0 Å². The normalized spacial score (nSPS) is 19.4. The molecule has 4 aromatic carbocycles. The van der Waals surface area contributed by atoms with Crippen LogP contribution in [0.15, 0.2) is 72.8 Å². The van der Waals surface area contributed by atoms with Crippen LogP contribution >= 0.6 is 11.6 Å². The number of fused-ring (bicyclic) bond motifs is 3. The number of carboxylic acids is 1. The zero-order chi connectivity index (χ0) is 44.0. The molecule has 0 radical (unpaired) electrons. The summed E-state index contributed by atoms with van der Waals surface area (Å²) in [6.45, 7) is 2.22. The van der Waals surface area contributed by atoms with Crippen LogP contribution in [-0.4, -0.2) is 96.6 Å². The second kappa shape index (κ2) is 19.6. The van der Waals surface area contributed by atoms with Crippen LogP contribution in [0.4, 0.5) is 5.69 Å². The van der Waals surface area contributed by atoms with E-state index >= 15 is 0 Å². The number of methoxy groups -OCH3 is 4. The minimum atomic E-state index is -3.85. The van der Waals surface area contributed by atoms with Crippen molar-refractivity contribution < 1.29 is 46.8 Å². The number of ether oxygens (including phenoxy) is 5. The predicted octanol–water partition coefficient (Wildman–Crippen LogP) is 7.15. The maximum atomic E-state index is 14.1. The predicted molar refractivity (Wildman–Crippen MR) is 238 cm³/mol. The van der Waals surface area contributed by atoms with Crippen LogP contribution in [0.3, 0.4) is 0 Å². The number of anilines is 1. The Bertz CT molecular complexity index is 2320. The third-order valence-electron chi connectivity index (χ3n) is 12.7. The highest BCUT2D eigenvalue weighted by Gasteiger charge is 2.44. The second-order valence-corrected chi connectivity index (χ2v) is 19.0. The van der Waals surface area contributed by atoms with Crippen LogP contribution in [0.25, 0.3) is 0 Å². The van der Waals surface area contributed by atoms with Gasteiger partial charge in [-0.25, -0.2) is 13.2 Å². The molecule has 1 saturated carbocycles. The number of benzene rings is 4. The molecule has 332 valence electrons. The van der Waals surface area contributed by atoms with Gasteiger partial charge in [-0.05, 0) is 91.6 Å². The zero-order valence-corrected chi connectivity index (χ0v) is 37.4. The Morgan fingerprint density at radius 2 is 1.58 bits per heavy atom. The molecule has 0 aromatic heterocycles. The zero-order valence-electron chi connectivity index (χ0n) is 35.8. The third-order valence-corrected chi connectivity index (χ3v) is 14.7. The lowest BCUT2D eigenvalue weighted by Crippen LogP contribution is -2.49. The monoisotopic (exact) mass is 889 g/mol. The van der Waals surface area contributed by atoms with Crippen LogP contribution in [0, 0.1) is 11.8 Å². The molecule has 62 heavy (non-hydrogen) atoms. The number of nitrogens with zero attached hydrogens (tertiary/aromatic N) is 2. The van der Waals surface area contributed by atoms with Gasteiger partial charge in [-0.2, -0.15) is 4.31 Å². The fourth-order valence-electron chi connectivity index (χ4n) is 9.19. The lowest BCUT2D eigenvalue weighted by Gasteiger charge is -2.44. The third kappa shape index (κ3) is 9.94. The molecule has 2 aliphatic carbocycles. The summed E-state index contributed by atoms with van der Waals surface area (Å²) in [7, 11) is 2.32. The Hall–Kier alpha value is -5.02. The Balaban J connectivity index is 1.00. The summed E-state index contributed by atoms with van der Waals surface area (Å²) >= 11 is 6.42. The van der Waals surface area contributed by atoms with E-state index in [1.54, 1.807) is 68.8 Å². The molecule has 0 bridgehead atoms. The van der Waals surface area contributed by atoms with Gasteiger partial charge in [0.05, 0.1) is 52.0 Å². The fourth-order valence-corrected chi connectivity index (χ4v) is 10.7. The quantitative estimate of drug-likeness (QED) is 0.0920. The number of carboxylic acid groups (broad SMARTS) is 1. The van der Waals surface area contributed by atoms with Gasteiger partial charge >= 0.3 is 5.97 Å². The first-order chi connectivity index (χ1) is 29.9. The molecule has 0 saturated heterocycles. The number of halogens is 1. The van der Waals surface area contributed by atoms with E-state index in [1.807, 2.05) is 12.1 Å². The molecular weight excluding hydrogens is 834 g/mol. The number of ketones is 1. The molecule has 0 unspecified atom stereocenters.